The van der Waals surface area contributed by atoms with Crippen LogP contribution in [0, 0.1) is 10.8 Å². The molecule has 0 atom stereocenters. The topological polar surface area (TPSA) is 128 Å². The minimum Gasteiger partial charge on any atom is -0.318 e. The molecule has 0 aliphatic carbocycles. The highest BCUT2D eigenvalue weighted by Crippen LogP contribution is 2.11. The van der Waals surface area contributed by atoms with Crippen molar-refractivity contribution in [1.82, 2.24) is 18.6 Å². The largest absolute Gasteiger partial charge is 0.441 e. The van der Waals surface area contributed by atoms with Gasteiger partial charge < -0.3 is 9.05 Å². The lowest BCUT2D eigenvalue weighted by Crippen LogP contribution is -2.28. The maximum Gasteiger partial charge on any atom is 0.441 e. The van der Waals surface area contributed by atoms with Crippen molar-refractivity contribution in [3.63, 3.8) is 0 Å². The molecule has 0 amide bonds. The van der Waals surface area contributed by atoms with E-state index < -0.39 is 11.5 Å². The van der Waals surface area contributed by atoms with Crippen LogP contribution in [0.5, 0.6) is 0 Å². The van der Waals surface area contributed by atoms with Gasteiger partial charge in [0, 0.05) is 27.2 Å². The van der Waals surface area contributed by atoms with E-state index >= 15 is 0 Å². The molecule has 0 radical (unpaired) electrons. The predicted molar refractivity (Wildman–Crippen MR) is 102 cm³/mol. The molecule has 2 heterocycles. The smallest absolute Gasteiger partial charge is 0.318 e. The van der Waals surface area contributed by atoms with Gasteiger partial charge in [-0.05, 0) is 12.8 Å². The summed E-state index contributed by atoms with van der Waals surface area (Å²) < 4.78 is 14.8. The molecule has 2 aromatic rings. The number of nitrogens with one attached hydrogen (secondary N) is 2. The molecule has 10 nitrogen and oxygen atoms in total. The summed E-state index contributed by atoms with van der Waals surface area (Å²) in [6.07, 6.45) is 10.9. The summed E-state index contributed by atoms with van der Waals surface area (Å²) in [7, 11) is 3.12. The Bertz CT molecular complexity index is 876. The van der Waals surface area contributed by atoms with E-state index in [0.29, 0.717) is 13.1 Å². The minimum atomic E-state index is -0.460. The molecule has 0 saturated carbocycles. The van der Waals surface area contributed by atoms with E-state index in [0.717, 1.165) is 38.5 Å². The van der Waals surface area contributed by atoms with Gasteiger partial charge in [-0.3, -0.25) is 10.8 Å². The second-order valence-electron chi connectivity index (χ2n) is 7.20. The fraction of sp³-hybridized carbons (Fsp3) is 0.778. The third-order valence-electron chi connectivity index (χ3n) is 4.99. The zero-order valence-corrected chi connectivity index (χ0v) is 16.9. The summed E-state index contributed by atoms with van der Waals surface area (Å²) in [6.45, 7) is 1.08. The molecule has 2 rings (SSSR count). The maximum atomic E-state index is 11.5. The van der Waals surface area contributed by atoms with Crippen molar-refractivity contribution in [2.24, 2.45) is 14.1 Å². The van der Waals surface area contributed by atoms with E-state index in [-0.39, 0.29) is 11.2 Å². The molecule has 28 heavy (non-hydrogen) atoms. The van der Waals surface area contributed by atoms with Crippen LogP contribution < -0.4 is 22.7 Å². The maximum absolute atomic E-state index is 11.5. The lowest BCUT2D eigenvalue weighted by atomic mass is 10.1. The summed E-state index contributed by atoms with van der Waals surface area (Å²) in [6, 6.07) is 0. The van der Waals surface area contributed by atoms with Crippen molar-refractivity contribution in [1.29, 1.82) is 10.8 Å². The second kappa shape index (κ2) is 10.7. The molecule has 158 valence electrons. The number of unbranched alkanes of at least 4 members (excludes halogenated alkanes) is 9. The average Bonchev–Trinajstić information content (AvgIpc) is 3.04. The van der Waals surface area contributed by atoms with Crippen LogP contribution in [-0.2, 0) is 27.2 Å². The molecule has 0 aliphatic rings. The fourth-order valence-corrected chi connectivity index (χ4v) is 3.28. The van der Waals surface area contributed by atoms with Crippen molar-refractivity contribution >= 4 is 0 Å². The molecule has 0 bridgehead atoms. The Balaban J connectivity index is 1.45. The zero-order valence-electron chi connectivity index (χ0n) is 16.9. The highest BCUT2D eigenvalue weighted by atomic mass is 16.5. The van der Waals surface area contributed by atoms with E-state index in [2.05, 4.69) is 0 Å². The standard InChI is InChI=1S/C18H32N6O4/c1-21-15(19)23(17(25)27-21)13-11-9-7-5-3-4-6-8-10-12-14-24-16(20)22(2)28-18(24)26/h19-20H,3-14H2,1-2H3. The van der Waals surface area contributed by atoms with Crippen LogP contribution in [0.3, 0.4) is 0 Å². The third kappa shape index (κ3) is 6.00. The van der Waals surface area contributed by atoms with Gasteiger partial charge in [-0.25, -0.2) is 18.7 Å². The molecular weight excluding hydrogens is 364 g/mol. The second-order valence-corrected chi connectivity index (χ2v) is 7.20. The Kier molecular flexibility index (Phi) is 8.34. The first-order valence-electron chi connectivity index (χ1n) is 10.1. The Hall–Kier alpha value is -2.52. The first kappa shape index (κ1) is 21.8. The van der Waals surface area contributed by atoms with E-state index in [1.807, 2.05) is 0 Å². The Morgan fingerprint density at radius 1 is 0.607 bits per heavy atom. The molecule has 2 aromatic heterocycles. The van der Waals surface area contributed by atoms with E-state index in [1.54, 1.807) is 14.1 Å². The Labute approximate surface area is 163 Å². The first-order chi connectivity index (χ1) is 13.4. The van der Waals surface area contributed by atoms with Crippen LogP contribution >= 0.6 is 0 Å². The fourth-order valence-electron chi connectivity index (χ4n) is 3.28. The average molecular weight is 396 g/mol. The van der Waals surface area contributed by atoms with Gasteiger partial charge in [-0.15, -0.1) is 0 Å². The van der Waals surface area contributed by atoms with Crippen LogP contribution in [0.15, 0.2) is 18.6 Å². The first-order valence-corrected chi connectivity index (χ1v) is 10.1. The summed E-state index contributed by atoms with van der Waals surface area (Å²) in [4.78, 5) is 23.0. The van der Waals surface area contributed by atoms with Crippen molar-refractivity contribution in [2.45, 2.75) is 77.3 Å². The van der Waals surface area contributed by atoms with Crippen LogP contribution in [-0.4, -0.2) is 18.6 Å². The number of aromatic nitrogens is 4. The van der Waals surface area contributed by atoms with Gasteiger partial charge in [0.25, 0.3) is 0 Å². The summed E-state index contributed by atoms with van der Waals surface area (Å²) in [5, 5.41) is 15.5. The summed E-state index contributed by atoms with van der Waals surface area (Å²) >= 11 is 0. The van der Waals surface area contributed by atoms with Crippen LogP contribution in [0.2, 0.25) is 0 Å². The van der Waals surface area contributed by atoms with E-state index in [4.69, 9.17) is 19.9 Å². The van der Waals surface area contributed by atoms with Gasteiger partial charge >= 0.3 is 11.5 Å². The van der Waals surface area contributed by atoms with Gasteiger partial charge in [0.05, 0.1) is 0 Å². The molecule has 0 spiro atoms. The predicted octanol–water partition coefficient (Wildman–Crippen LogP) is 1.43. The SMILES string of the molecule is Cn1oc(=O)n(CCCCCCCCCCCCn2c(=O)on(C)c2=N)c1=N. The molecule has 2 N–H and O–H groups in total. The lowest BCUT2D eigenvalue weighted by Gasteiger charge is -2.03. The zero-order chi connectivity index (χ0) is 20.5. The van der Waals surface area contributed by atoms with Gasteiger partial charge in [0.15, 0.2) is 0 Å². The van der Waals surface area contributed by atoms with Crippen molar-refractivity contribution in [3.8, 4) is 0 Å². The number of nitrogens with zero attached hydrogens (tertiary/aromatic N) is 4. The highest BCUT2D eigenvalue weighted by molar-refractivity contribution is 4.61. The van der Waals surface area contributed by atoms with Crippen molar-refractivity contribution < 1.29 is 9.05 Å². The third-order valence-corrected chi connectivity index (χ3v) is 4.99. The van der Waals surface area contributed by atoms with Gasteiger partial charge in [-0.2, -0.15) is 9.48 Å². The summed E-state index contributed by atoms with van der Waals surface area (Å²) in [5.74, 6) is -0.920. The Morgan fingerprint density at radius 3 is 1.14 bits per heavy atom. The van der Waals surface area contributed by atoms with Gasteiger partial charge in [0.2, 0.25) is 11.2 Å². The van der Waals surface area contributed by atoms with Gasteiger partial charge in [0.1, 0.15) is 0 Å². The number of hydrogen-bond donors (Lipinski definition) is 2. The minimum absolute atomic E-state index is 0.107. The molecule has 0 unspecified atom stereocenters. The Morgan fingerprint density at radius 2 is 0.893 bits per heavy atom. The van der Waals surface area contributed by atoms with Gasteiger partial charge in [-0.1, -0.05) is 51.4 Å². The van der Waals surface area contributed by atoms with Crippen LogP contribution in [0.4, 0.5) is 0 Å². The molecule has 0 fully saturated rings. The van der Waals surface area contributed by atoms with Crippen molar-refractivity contribution in [3.05, 3.63) is 32.3 Å². The van der Waals surface area contributed by atoms with Crippen molar-refractivity contribution in [2.75, 3.05) is 0 Å². The quantitative estimate of drug-likeness (QED) is 0.496. The molecular formula is C18H32N6O4. The number of hydrogen-bond acceptors (Lipinski definition) is 6. The molecule has 0 saturated heterocycles. The monoisotopic (exact) mass is 396 g/mol. The van der Waals surface area contributed by atoms with Crippen LogP contribution in [0.1, 0.15) is 64.2 Å². The van der Waals surface area contributed by atoms with E-state index in [1.165, 1.54) is 44.3 Å². The number of aryl methyl sites for hydroxylation is 2. The van der Waals surface area contributed by atoms with E-state index in [9.17, 15) is 9.59 Å². The number of rotatable bonds is 13. The summed E-state index contributed by atoms with van der Waals surface area (Å²) in [5.41, 5.74) is 0.214. The normalized spacial score (nSPS) is 11.4. The molecule has 0 aliphatic heterocycles. The highest BCUT2D eigenvalue weighted by Gasteiger charge is 2.06. The molecule has 0 aromatic carbocycles. The van der Waals surface area contributed by atoms with Crippen LogP contribution in [0.25, 0.3) is 0 Å². The molecule has 10 heteroatoms. The lowest BCUT2D eigenvalue weighted by molar-refractivity contribution is 0.271.